The van der Waals surface area contributed by atoms with E-state index >= 15 is 0 Å². The van der Waals surface area contributed by atoms with Gasteiger partial charge in [0.05, 0.1) is 23.2 Å². The molecule has 1 heterocycles. The number of carbonyl (C=O) groups is 4. The topological polar surface area (TPSA) is 92.8 Å². The second kappa shape index (κ2) is 7.95. The molecule has 2 aromatic rings. The van der Waals surface area contributed by atoms with E-state index < -0.39 is 41.9 Å². The van der Waals surface area contributed by atoms with E-state index in [2.05, 4.69) is 5.32 Å². The van der Waals surface area contributed by atoms with E-state index in [-0.39, 0.29) is 29.8 Å². The Bertz CT molecular complexity index is 942. The van der Waals surface area contributed by atoms with Crippen LogP contribution in [0.5, 0.6) is 0 Å². The third kappa shape index (κ3) is 4.03. The van der Waals surface area contributed by atoms with Crippen molar-refractivity contribution in [3.63, 3.8) is 0 Å². The molecule has 0 unspecified atom stereocenters. The number of halogens is 2. The second-order valence-electron chi connectivity index (χ2n) is 5.89. The van der Waals surface area contributed by atoms with Gasteiger partial charge in [0, 0.05) is 12.6 Å². The standard InChI is InChI=1S/C19H14F2N2O5/c20-11-5-6-14(21)15(9-11)22-16(24)10-28-17(25)7-8-23-18(26)12-3-1-2-4-13(12)19(23)27/h1-6,9H,7-8,10H2,(H,22,24). The molecular weight excluding hydrogens is 374 g/mol. The van der Waals surface area contributed by atoms with Crippen LogP contribution >= 0.6 is 0 Å². The Balaban J connectivity index is 1.48. The number of hydrogen-bond acceptors (Lipinski definition) is 5. The third-order valence-corrected chi connectivity index (χ3v) is 3.98. The minimum Gasteiger partial charge on any atom is -0.456 e. The molecular formula is C19H14F2N2O5. The molecule has 0 saturated carbocycles. The Labute approximate surface area is 157 Å². The van der Waals surface area contributed by atoms with Crippen LogP contribution in [0.2, 0.25) is 0 Å². The van der Waals surface area contributed by atoms with E-state index in [1.807, 2.05) is 0 Å². The highest BCUT2D eigenvalue weighted by Gasteiger charge is 2.35. The number of esters is 1. The van der Waals surface area contributed by atoms with Crippen molar-refractivity contribution in [1.82, 2.24) is 4.90 Å². The number of amides is 3. The van der Waals surface area contributed by atoms with Crippen LogP contribution in [0.3, 0.4) is 0 Å². The first-order valence-corrected chi connectivity index (χ1v) is 8.22. The van der Waals surface area contributed by atoms with Crippen molar-refractivity contribution in [2.24, 2.45) is 0 Å². The number of carbonyl (C=O) groups excluding carboxylic acids is 4. The van der Waals surface area contributed by atoms with Crippen molar-refractivity contribution in [3.8, 4) is 0 Å². The lowest BCUT2D eigenvalue weighted by Gasteiger charge is -2.13. The Morgan fingerprint density at radius 1 is 1.00 bits per heavy atom. The van der Waals surface area contributed by atoms with Crippen LogP contribution in [-0.4, -0.2) is 41.7 Å². The molecule has 1 aliphatic rings. The maximum Gasteiger partial charge on any atom is 0.308 e. The van der Waals surface area contributed by atoms with Crippen LogP contribution in [0, 0.1) is 11.6 Å². The SMILES string of the molecule is O=C(COC(=O)CCN1C(=O)c2ccccc2C1=O)Nc1cc(F)ccc1F. The Hall–Kier alpha value is -3.62. The summed E-state index contributed by atoms with van der Waals surface area (Å²) in [6, 6.07) is 8.82. The van der Waals surface area contributed by atoms with Crippen molar-refractivity contribution in [1.29, 1.82) is 0 Å². The molecule has 3 rings (SSSR count). The highest BCUT2D eigenvalue weighted by molar-refractivity contribution is 6.21. The van der Waals surface area contributed by atoms with Crippen LogP contribution in [0.4, 0.5) is 14.5 Å². The molecule has 7 nitrogen and oxygen atoms in total. The molecule has 0 spiro atoms. The zero-order chi connectivity index (χ0) is 20.3. The summed E-state index contributed by atoms with van der Waals surface area (Å²) in [5.74, 6) is -4.29. The molecule has 1 aliphatic heterocycles. The van der Waals surface area contributed by atoms with Gasteiger partial charge in [0.2, 0.25) is 0 Å². The van der Waals surface area contributed by atoms with E-state index in [4.69, 9.17) is 4.74 Å². The van der Waals surface area contributed by atoms with Crippen LogP contribution in [0.1, 0.15) is 27.1 Å². The van der Waals surface area contributed by atoms with E-state index in [0.717, 1.165) is 23.1 Å². The van der Waals surface area contributed by atoms with E-state index in [1.54, 1.807) is 12.1 Å². The zero-order valence-electron chi connectivity index (χ0n) is 14.4. The van der Waals surface area contributed by atoms with Crippen molar-refractivity contribution in [2.75, 3.05) is 18.5 Å². The summed E-state index contributed by atoms with van der Waals surface area (Å²) in [6.07, 6.45) is -0.312. The van der Waals surface area contributed by atoms with Crippen molar-refractivity contribution < 1.29 is 32.7 Å². The molecule has 0 aliphatic carbocycles. The summed E-state index contributed by atoms with van der Waals surface area (Å²) in [6.45, 7) is -0.928. The van der Waals surface area contributed by atoms with E-state index in [9.17, 15) is 28.0 Å². The summed E-state index contributed by atoms with van der Waals surface area (Å²) >= 11 is 0. The average molecular weight is 388 g/mol. The Morgan fingerprint density at radius 2 is 1.64 bits per heavy atom. The summed E-state index contributed by atoms with van der Waals surface area (Å²) < 4.78 is 31.2. The molecule has 3 amide bonds. The third-order valence-electron chi connectivity index (χ3n) is 3.98. The zero-order valence-corrected chi connectivity index (χ0v) is 14.4. The molecule has 0 bridgehead atoms. The number of hydrogen-bond donors (Lipinski definition) is 1. The highest BCUT2D eigenvalue weighted by atomic mass is 19.1. The molecule has 0 radical (unpaired) electrons. The van der Waals surface area contributed by atoms with Gasteiger partial charge in [-0.25, -0.2) is 8.78 Å². The van der Waals surface area contributed by atoms with Gasteiger partial charge in [0.1, 0.15) is 11.6 Å². The fraction of sp³-hybridized carbons (Fsp3) is 0.158. The maximum atomic E-state index is 13.4. The Morgan fingerprint density at radius 3 is 2.29 bits per heavy atom. The van der Waals surface area contributed by atoms with Gasteiger partial charge in [-0.3, -0.25) is 24.1 Å². The van der Waals surface area contributed by atoms with Gasteiger partial charge in [-0.2, -0.15) is 0 Å². The predicted octanol–water partition coefficient (Wildman–Crippen LogP) is 2.13. The molecule has 9 heteroatoms. The lowest BCUT2D eigenvalue weighted by atomic mass is 10.1. The minimum atomic E-state index is -0.862. The number of fused-ring (bicyclic) bond motifs is 1. The van der Waals surface area contributed by atoms with E-state index in [1.165, 1.54) is 12.1 Å². The maximum absolute atomic E-state index is 13.4. The normalized spacial score (nSPS) is 12.7. The largest absolute Gasteiger partial charge is 0.456 e. The number of rotatable bonds is 6. The van der Waals surface area contributed by atoms with Crippen molar-refractivity contribution in [2.45, 2.75) is 6.42 Å². The van der Waals surface area contributed by atoms with Crippen LogP contribution < -0.4 is 5.32 Å². The van der Waals surface area contributed by atoms with Crippen LogP contribution in [0.25, 0.3) is 0 Å². The molecule has 0 fully saturated rings. The smallest absolute Gasteiger partial charge is 0.308 e. The van der Waals surface area contributed by atoms with Gasteiger partial charge < -0.3 is 10.1 Å². The van der Waals surface area contributed by atoms with E-state index in [0.29, 0.717) is 0 Å². The summed E-state index contributed by atoms with van der Waals surface area (Å²) in [4.78, 5) is 48.7. The Kier molecular flexibility index (Phi) is 5.44. The summed E-state index contributed by atoms with van der Waals surface area (Å²) in [5.41, 5.74) is 0.141. The molecule has 1 N–H and O–H groups in total. The average Bonchev–Trinajstić information content (AvgIpc) is 2.92. The van der Waals surface area contributed by atoms with Crippen molar-refractivity contribution >= 4 is 29.4 Å². The fourth-order valence-corrected chi connectivity index (χ4v) is 2.64. The summed E-state index contributed by atoms with van der Waals surface area (Å²) in [5, 5.41) is 2.08. The quantitative estimate of drug-likeness (QED) is 0.605. The van der Waals surface area contributed by atoms with Gasteiger partial charge in [0.15, 0.2) is 6.61 Å². The number of nitrogens with zero attached hydrogens (tertiary/aromatic N) is 1. The van der Waals surface area contributed by atoms with Gasteiger partial charge in [-0.1, -0.05) is 12.1 Å². The van der Waals surface area contributed by atoms with Gasteiger partial charge in [0.25, 0.3) is 17.7 Å². The number of benzene rings is 2. The molecule has 0 atom stereocenters. The molecule has 0 aromatic heterocycles. The molecule has 28 heavy (non-hydrogen) atoms. The first-order chi connectivity index (χ1) is 13.4. The van der Waals surface area contributed by atoms with Crippen LogP contribution in [-0.2, 0) is 14.3 Å². The van der Waals surface area contributed by atoms with Crippen LogP contribution in [0.15, 0.2) is 42.5 Å². The first kappa shape index (κ1) is 19.2. The number of anilines is 1. The second-order valence-corrected chi connectivity index (χ2v) is 5.89. The highest BCUT2D eigenvalue weighted by Crippen LogP contribution is 2.22. The number of nitrogens with one attached hydrogen (secondary N) is 1. The lowest BCUT2D eigenvalue weighted by molar-refractivity contribution is -0.147. The molecule has 2 aromatic carbocycles. The lowest BCUT2D eigenvalue weighted by Crippen LogP contribution is -2.32. The fourth-order valence-electron chi connectivity index (χ4n) is 2.64. The monoisotopic (exact) mass is 388 g/mol. The first-order valence-electron chi connectivity index (χ1n) is 8.22. The summed E-state index contributed by atoms with van der Waals surface area (Å²) in [7, 11) is 0. The molecule has 144 valence electrons. The molecule has 0 saturated heterocycles. The van der Waals surface area contributed by atoms with Gasteiger partial charge in [-0.15, -0.1) is 0 Å². The number of ether oxygens (including phenoxy) is 1. The minimum absolute atomic E-state index is 0.203. The number of imide groups is 1. The van der Waals surface area contributed by atoms with Crippen molar-refractivity contribution in [3.05, 3.63) is 65.2 Å². The van der Waals surface area contributed by atoms with Gasteiger partial charge in [-0.05, 0) is 24.3 Å². The van der Waals surface area contributed by atoms with Gasteiger partial charge >= 0.3 is 5.97 Å². The predicted molar refractivity (Wildman–Crippen MR) is 92.4 cm³/mol.